The fourth-order valence-electron chi connectivity index (χ4n) is 3.42. The van der Waals surface area contributed by atoms with E-state index in [1.807, 2.05) is 13.8 Å². The standard InChI is InChI=1S/C25H17Cl3N2O6S/c1-13-3-6-17(9-14(13)2)30-24(32)19(23(31)29-25(30)33)10-15-11-20(27)22(21(28)12-15)36-37(34,35)18-7-4-16(26)5-8-18/h3-12H,1-2H3,(H,29,31,33)/b19-10+. The zero-order valence-electron chi connectivity index (χ0n) is 19.2. The molecule has 0 atom stereocenters. The number of nitrogens with zero attached hydrogens (tertiary/aromatic N) is 1. The maximum atomic E-state index is 13.1. The second-order valence-electron chi connectivity index (χ2n) is 8.03. The van der Waals surface area contributed by atoms with Gasteiger partial charge in [0.05, 0.1) is 15.7 Å². The van der Waals surface area contributed by atoms with Gasteiger partial charge in [0.15, 0.2) is 5.75 Å². The molecule has 3 aromatic rings. The van der Waals surface area contributed by atoms with Crippen molar-refractivity contribution in [2.75, 3.05) is 4.90 Å². The van der Waals surface area contributed by atoms with Gasteiger partial charge in [-0.3, -0.25) is 14.9 Å². The molecule has 8 nitrogen and oxygen atoms in total. The van der Waals surface area contributed by atoms with Crippen LogP contribution in [0.3, 0.4) is 0 Å². The lowest BCUT2D eigenvalue weighted by Crippen LogP contribution is -2.54. The van der Waals surface area contributed by atoms with Crippen molar-refractivity contribution in [3.05, 3.63) is 91.9 Å². The first-order chi connectivity index (χ1) is 17.4. The van der Waals surface area contributed by atoms with Gasteiger partial charge >= 0.3 is 16.1 Å². The summed E-state index contributed by atoms with van der Waals surface area (Å²) in [5.74, 6) is -2.10. The lowest BCUT2D eigenvalue weighted by Gasteiger charge is -2.27. The molecule has 37 heavy (non-hydrogen) atoms. The first-order valence-corrected chi connectivity index (χ1v) is 13.1. The van der Waals surface area contributed by atoms with Gasteiger partial charge in [0, 0.05) is 5.02 Å². The maximum Gasteiger partial charge on any atom is 0.339 e. The summed E-state index contributed by atoms with van der Waals surface area (Å²) in [6.45, 7) is 3.71. The summed E-state index contributed by atoms with van der Waals surface area (Å²) in [6, 6.07) is 11.9. The van der Waals surface area contributed by atoms with Crippen molar-refractivity contribution >= 4 is 74.5 Å². The van der Waals surface area contributed by atoms with E-state index in [4.69, 9.17) is 39.0 Å². The molecular formula is C25H17Cl3N2O6S. The Hall–Kier alpha value is -3.37. The van der Waals surface area contributed by atoms with E-state index in [0.29, 0.717) is 5.02 Å². The molecule has 3 aromatic carbocycles. The minimum Gasteiger partial charge on any atom is -0.376 e. The van der Waals surface area contributed by atoms with Crippen LogP contribution in [0.15, 0.2) is 65.1 Å². The van der Waals surface area contributed by atoms with E-state index in [-0.39, 0.29) is 37.5 Å². The Bertz CT molecular complexity index is 1580. The third kappa shape index (κ3) is 5.50. The molecule has 0 aromatic heterocycles. The largest absolute Gasteiger partial charge is 0.376 e. The molecule has 1 fully saturated rings. The van der Waals surface area contributed by atoms with Gasteiger partial charge in [-0.25, -0.2) is 9.69 Å². The number of benzene rings is 3. The van der Waals surface area contributed by atoms with Crippen LogP contribution < -0.4 is 14.4 Å². The summed E-state index contributed by atoms with van der Waals surface area (Å²) in [7, 11) is -4.29. The Morgan fingerprint density at radius 3 is 2.08 bits per heavy atom. The highest BCUT2D eigenvalue weighted by atomic mass is 35.5. The molecular weight excluding hydrogens is 563 g/mol. The van der Waals surface area contributed by atoms with Gasteiger partial charge in [-0.1, -0.05) is 40.9 Å². The number of hydrogen-bond acceptors (Lipinski definition) is 6. The number of imide groups is 2. The Labute approximate surface area is 227 Å². The highest BCUT2D eigenvalue weighted by molar-refractivity contribution is 7.87. The van der Waals surface area contributed by atoms with Gasteiger partial charge in [-0.15, -0.1) is 0 Å². The number of rotatable bonds is 5. The van der Waals surface area contributed by atoms with Crippen molar-refractivity contribution in [2.45, 2.75) is 18.7 Å². The Kier molecular flexibility index (Phi) is 7.34. The Morgan fingerprint density at radius 2 is 1.49 bits per heavy atom. The molecule has 0 unspecified atom stereocenters. The minimum atomic E-state index is -4.29. The van der Waals surface area contributed by atoms with Crippen molar-refractivity contribution in [3.63, 3.8) is 0 Å². The van der Waals surface area contributed by atoms with Crippen LogP contribution in [-0.2, 0) is 19.7 Å². The van der Waals surface area contributed by atoms with Crippen LogP contribution in [0.25, 0.3) is 6.08 Å². The van der Waals surface area contributed by atoms with Crippen LogP contribution in [0.4, 0.5) is 10.5 Å². The van der Waals surface area contributed by atoms with Crippen molar-refractivity contribution in [3.8, 4) is 5.75 Å². The van der Waals surface area contributed by atoms with Crippen LogP contribution in [-0.4, -0.2) is 26.3 Å². The highest BCUT2D eigenvalue weighted by Gasteiger charge is 2.37. The number of nitrogens with one attached hydrogen (secondary N) is 1. The van der Waals surface area contributed by atoms with Crippen LogP contribution in [0.1, 0.15) is 16.7 Å². The van der Waals surface area contributed by atoms with Crippen LogP contribution in [0.2, 0.25) is 15.1 Å². The van der Waals surface area contributed by atoms with Gasteiger partial charge in [-0.05, 0) is 85.1 Å². The number of amides is 4. The second-order valence-corrected chi connectivity index (χ2v) is 10.8. The van der Waals surface area contributed by atoms with Gasteiger partial charge in [0.2, 0.25) is 0 Å². The first-order valence-electron chi connectivity index (χ1n) is 10.5. The number of halogens is 3. The summed E-state index contributed by atoms with van der Waals surface area (Å²) < 4.78 is 30.4. The molecule has 0 bridgehead atoms. The summed E-state index contributed by atoms with van der Waals surface area (Å²) in [5.41, 5.74) is 1.94. The van der Waals surface area contributed by atoms with E-state index in [0.717, 1.165) is 16.0 Å². The van der Waals surface area contributed by atoms with E-state index >= 15 is 0 Å². The van der Waals surface area contributed by atoms with E-state index in [1.54, 1.807) is 18.2 Å². The fraction of sp³-hybridized carbons (Fsp3) is 0.0800. The predicted molar refractivity (Wildman–Crippen MR) is 141 cm³/mol. The molecule has 4 rings (SSSR count). The van der Waals surface area contributed by atoms with Crippen molar-refractivity contribution in [2.24, 2.45) is 0 Å². The normalized spacial score (nSPS) is 15.2. The molecule has 0 aliphatic carbocycles. The van der Waals surface area contributed by atoms with Crippen LogP contribution in [0, 0.1) is 13.8 Å². The lowest BCUT2D eigenvalue weighted by molar-refractivity contribution is -0.122. The Balaban J connectivity index is 1.67. The number of hydrogen-bond donors (Lipinski definition) is 1. The monoisotopic (exact) mass is 578 g/mol. The number of aryl methyl sites for hydroxylation is 2. The van der Waals surface area contributed by atoms with Gasteiger partial charge in [-0.2, -0.15) is 8.42 Å². The third-order valence-electron chi connectivity index (χ3n) is 5.48. The Morgan fingerprint density at radius 1 is 0.865 bits per heavy atom. The predicted octanol–water partition coefficient (Wildman–Crippen LogP) is 5.70. The third-order valence-corrected chi connectivity index (χ3v) is 7.53. The molecule has 12 heteroatoms. The summed E-state index contributed by atoms with van der Waals surface area (Å²) in [4.78, 5) is 38.8. The smallest absolute Gasteiger partial charge is 0.339 e. The average molecular weight is 580 g/mol. The fourth-order valence-corrected chi connectivity index (χ4v) is 5.19. The number of carbonyl (C=O) groups excluding carboxylic acids is 3. The van der Waals surface area contributed by atoms with Gasteiger partial charge < -0.3 is 4.18 Å². The lowest BCUT2D eigenvalue weighted by atomic mass is 10.0. The van der Waals surface area contributed by atoms with Crippen molar-refractivity contribution < 1.29 is 27.0 Å². The molecule has 4 amide bonds. The average Bonchev–Trinajstić information content (AvgIpc) is 2.81. The zero-order chi connectivity index (χ0) is 27.1. The summed E-state index contributed by atoms with van der Waals surface area (Å²) in [5, 5.41) is 2.09. The summed E-state index contributed by atoms with van der Waals surface area (Å²) in [6.07, 6.45) is 1.19. The molecule has 190 valence electrons. The van der Waals surface area contributed by atoms with Crippen LogP contribution in [0.5, 0.6) is 5.75 Å². The SMILES string of the molecule is Cc1ccc(N2C(=O)NC(=O)/C(=C\c3cc(Cl)c(OS(=O)(=O)c4ccc(Cl)cc4)c(Cl)c3)C2=O)cc1C. The molecule has 1 aliphatic heterocycles. The van der Waals surface area contributed by atoms with Crippen molar-refractivity contribution in [1.82, 2.24) is 5.32 Å². The van der Waals surface area contributed by atoms with E-state index in [9.17, 15) is 22.8 Å². The number of urea groups is 1. The van der Waals surface area contributed by atoms with Gasteiger partial charge in [0.25, 0.3) is 11.8 Å². The highest BCUT2D eigenvalue weighted by Crippen LogP contribution is 2.37. The second kappa shape index (κ2) is 10.2. The summed E-state index contributed by atoms with van der Waals surface area (Å²) >= 11 is 18.3. The zero-order valence-corrected chi connectivity index (χ0v) is 22.3. The molecule has 1 aliphatic rings. The van der Waals surface area contributed by atoms with E-state index < -0.39 is 28.0 Å². The van der Waals surface area contributed by atoms with E-state index in [2.05, 4.69) is 5.32 Å². The topological polar surface area (TPSA) is 110 Å². The molecule has 1 heterocycles. The maximum absolute atomic E-state index is 13.1. The number of barbiturate groups is 1. The molecule has 1 N–H and O–H groups in total. The van der Waals surface area contributed by atoms with Crippen molar-refractivity contribution in [1.29, 1.82) is 0 Å². The number of anilines is 1. The molecule has 0 radical (unpaired) electrons. The minimum absolute atomic E-state index is 0.171. The first kappa shape index (κ1) is 26.7. The molecule has 1 saturated heterocycles. The molecule has 0 saturated carbocycles. The number of carbonyl (C=O) groups is 3. The van der Waals surface area contributed by atoms with Gasteiger partial charge in [0.1, 0.15) is 10.5 Å². The quantitative estimate of drug-likeness (QED) is 0.236. The van der Waals surface area contributed by atoms with E-state index in [1.165, 1.54) is 42.5 Å². The van der Waals surface area contributed by atoms with Crippen LogP contribution >= 0.6 is 34.8 Å². The molecule has 0 spiro atoms.